The summed E-state index contributed by atoms with van der Waals surface area (Å²) >= 11 is 0. The minimum atomic E-state index is -4.21. The van der Waals surface area contributed by atoms with Crippen LogP contribution in [0.25, 0.3) is 0 Å². The third-order valence-corrected chi connectivity index (χ3v) is 3.52. The lowest BCUT2D eigenvalue weighted by Gasteiger charge is -2.23. The quantitative estimate of drug-likeness (QED) is 0.299. The fourth-order valence-corrected chi connectivity index (χ4v) is 2.21. The molecule has 0 aromatic heterocycles. The summed E-state index contributed by atoms with van der Waals surface area (Å²) in [6, 6.07) is 9.19. The SMILES string of the molecule is CCNC(=NCC(C)(O)c1ccccc1)NCCN(C)CC(F)(F)F.I. The van der Waals surface area contributed by atoms with Crippen LogP contribution in [0.5, 0.6) is 0 Å². The van der Waals surface area contributed by atoms with E-state index in [0.717, 1.165) is 5.56 Å². The van der Waals surface area contributed by atoms with Crippen molar-refractivity contribution in [3.05, 3.63) is 35.9 Å². The number of aliphatic hydroxyl groups is 1. The van der Waals surface area contributed by atoms with Gasteiger partial charge in [0.05, 0.1) is 13.1 Å². The number of guanidine groups is 1. The molecule has 1 atom stereocenters. The molecule has 1 unspecified atom stereocenters. The van der Waals surface area contributed by atoms with Crippen LogP contribution in [0.1, 0.15) is 19.4 Å². The summed E-state index contributed by atoms with van der Waals surface area (Å²) in [4.78, 5) is 5.53. The monoisotopic (exact) mass is 488 g/mol. The number of nitrogens with zero attached hydrogens (tertiary/aromatic N) is 2. The van der Waals surface area contributed by atoms with Gasteiger partial charge < -0.3 is 15.7 Å². The number of nitrogens with one attached hydrogen (secondary N) is 2. The highest BCUT2D eigenvalue weighted by Gasteiger charge is 2.28. The molecule has 0 spiro atoms. The number of rotatable bonds is 8. The second-order valence-corrected chi connectivity index (χ2v) is 6.11. The van der Waals surface area contributed by atoms with Crippen molar-refractivity contribution in [2.45, 2.75) is 25.6 Å². The number of aliphatic imine (C=N–C) groups is 1. The Morgan fingerprint density at radius 2 is 1.81 bits per heavy atom. The van der Waals surface area contributed by atoms with Gasteiger partial charge in [-0.15, -0.1) is 24.0 Å². The normalized spacial score (nSPS) is 14.5. The van der Waals surface area contributed by atoms with Gasteiger partial charge in [0.15, 0.2) is 5.96 Å². The Kier molecular flexibility index (Phi) is 11.1. The Labute approximate surface area is 170 Å². The maximum Gasteiger partial charge on any atom is 0.401 e. The van der Waals surface area contributed by atoms with Crippen molar-refractivity contribution in [3.63, 3.8) is 0 Å². The summed E-state index contributed by atoms with van der Waals surface area (Å²) < 4.78 is 36.9. The number of halogens is 4. The minimum Gasteiger partial charge on any atom is -0.384 e. The van der Waals surface area contributed by atoms with Gasteiger partial charge in [-0.25, -0.2) is 4.99 Å². The lowest BCUT2D eigenvalue weighted by atomic mass is 9.96. The predicted octanol–water partition coefficient (Wildman–Crippen LogP) is 2.56. The van der Waals surface area contributed by atoms with Crippen molar-refractivity contribution in [3.8, 4) is 0 Å². The van der Waals surface area contributed by atoms with Crippen molar-refractivity contribution in [2.24, 2.45) is 4.99 Å². The summed E-state index contributed by atoms with van der Waals surface area (Å²) in [7, 11) is 1.42. The first-order valence-corrected chi connectivity index (χ1v) is 8.19. The molecular formula is C17H28F3IN4O. The third kappa shape index (κ3) is 10.2. The largest absolute Gasteiger partial charge is 0.401 e. The molecule has 1 aromatic carbocycles. The standard InChI is InChI=1S/C17H27F3N4O.HI/c1-4-21-15(22-10-11-24(3)13-17(18,19)20)23-12-16(2,25)14-8-6-5-7-9-14;/h5-9,25H,4,10-13H2,1-3H3,(H2,21,22,23);1H. The summed E-state index contributed by atoms with van der Waals surface area (Å²) in [5.41, 5.74) is -0.379. The zero-order valence-electron chi connectivity index (χ0n) is 15.3. The minimum absolute atomic E-state index is 0. The van der Waals surface area contributed by atoms with Gasteiger partial charge in [0.1, 0.15) is 5.60 Å². The van der Waals surface area contributed by atoms with E-state index >= 15 is 0 Å². The molecule has 0 saturated carbocycles. The van der Waals surface area contributed by atoms with E-state index in [4.69, 9.17) is 0 Å². The van der Waals surface area contributed by atoms with Crippen LogP contribution in [0, 0.1) is 0 Å². The Morgan fingerprint density at radius 3 is 2.35 bits per heavy atom. The van der Waals surface area contributed by atoms with Crippen LogP contribution < -0.4 is 10.6 Å². The van der Waals surface area contributed by atoms with Crippen LogP contribution in [0.4, 0.5) is 13.2 Å². The Bertz CT molecular complexity index is 539. The van der Waals surface area contributed by atoms with Crippen molar-refractivity contribution >= 4 is 29.9 Å². The van der Waals surface area contributed by atoms with Crippen molar-refractivity contribution in [1.82, 2.24) is 15.5 Å². The molecule has 1 rings (SSSR count). The second kappa shape index (κ2) is 11.6. The van der Waals surface area contributed by atoms with Crippen molar-refractivity contribution in [1.29, 1.82) is 0 Å². The molecule has 0 bridgehead atoms. The predicted molar refractivity (Wildman–Crippen MR) is 109 cm³/mol. The van der Waals surface area contributed by atoms with Crippen LogP contribution in [-0.2, 0) is 5.60 Å². The van der Waals surface area contributed by atoms with E-state index in [2.05, 4.69) is 15.6 Å². The molecule has 0 aliphatic heterocycles. The molecule has 150 valence electrons. The van der Waals surface area contributed by atoms with Gasteiger partial charge in [0.25, 0.3) is 0 Å². The van der Waals surface area contributed by atoms with E-state index in [9.17, 15) is 18.3 Å². The van der Waals surface area contributed by atoms with Gasteiger partial charge >= 0.3 is 6.18 Å². The van der Waals surface area contributed by atoms with Gasteiger partial charge in [-0.1, -0.05) is 30.3 Å². The lowest BCUT2D eigenvalue weighted by molar-refractivity contribution is -0.142. The third-order valence-electron chi connectivity index (χ3n) is 3.52. The van der Waals surface area contributed by atoms with E-state index in [1.54, 1.807) is 6.92 Å². The molecule has 0 aliphatic carbocycles. The van der Waals surface area contributed by atoms with Crippen molar-refractivity contribution < 1.29 is 18.3 Å². The molecule has 0 saturated heterocycles. The fraction of sp³-hybridized carbons (Fsp3) is 0.588. The maximum atomic E-state index is 12.3. The van der Waals surface area contributed by atoms with E-state index in [1.807, 2.05) is 37.3 Å². The van der Waals surface area contributed by atoms with Gasteiger partial charge in [0, 0.05) is 19.6 Å². The molecule has 1 aromatic rings. The smallest absolute Gasteiger partial charge is 0.384 e. The van der Waals surface area contributed by atoms with Gasteiger partial charge in [-0.05, 0) is 26.5 Å². The molecular weight excluding hydrogens is 460 g/mol. The van der Waals surface area contributed by atoms with E-state index in [-0.39, 0.29) is 37.1 Å². The highest BCUT2D eigenvalue weighted by Crippen LogP contribution is 2.20. The molecule has 3 N–H and O–H groups in total. The van der Waals surface area contributed by atoms with Gasteiger partial charge in [-0.3, -0.25) is 4.90 Å². The molecule has 0 radical (unpaired) electrons. The molecule has 0 fully saturated rings. The average molecular weight is 488 g/mol. The second-order valence-electron chi connectivity index (χ2n) is 6.11. The zero-order valence-corrected chi connectivity index (χ0v) is 17.6. The highest BCUT2D eigenvalue weighted by molar-refractivity contribution is 14.0. The average Bonchev–Trinajstić information content (AvgIpc) is 2.52. The summed E-state index contributed by atoms with van der Waals surface area (Å²) in [5.74, 6) is 0.458. The summed E-state index contributed by atoms with van der Waals surface area (Å²) in [6.45, 7) is 3.88. The first kappa shape index (κ1) is 24.9. The van der Waals surface area contributed by atoms with Gasteiger partial charge in [-0.2, -0.15) is 13.2 Å². The van der Waals surface area contributed by atoms with Gasteiger partial charge in [0.2, 0.25) is 0 Å². The lowest BCUT2D eigenvalue weighted by Crippen LogP contribution is -2.43. The number of hydrogen-bond donors (Lipinski definition) is 3. The van der Waals surface area contributed by atoms with Crippen LogP contribution in [-0.4, -0.2) is 61.9 Å². The highest BCUT2D eigenvalue weighted by atomic mass is 127. The first-order chi connectivity index (χ1) is 11.6. The zero-order chi connectivity index (χ0) is 18.9. The van der Waals surface area contributed by atoms with Crippen LogP contribution in [0.3, 0.4) is 0 Å². The molecule has 0 aliphatic rings. The van der Waals surface area contributed by atoms with E-state index in [0.29, 0.717) is 19.0 Å². The molecule has 0 amide bonds. The molecule has 26 heavy (non-hydrogen) atoms. The van der Waals surface area contributed by atoms with E-state index in [1.165, 1.54) is 11.9 Å². The van der Waals surface area contributed by atoms with Crippen LogP contribution >= 0.6 is 24.0 Å². The number of likely N-dealkylation sites (N-methyl/N-ethyl adjacent to an activating group) is 1. The molecule has 0 heterocycles. The number of alkyl halides is 3. The van der Waals surface area contributed by atoms with E-state index < -0.39 is 18.3 Å². The molecule has 9 heteroatoms. The first-order valence-electron chi connectivity index (χ1n) is 8.19. The Balaban J connectivity index is 0.00000625. The summed E-state index contributed by atoms with van der Waals surface area (Å²) in [5, 5.41) is 16.5. The number of benzene rings is 1. The maximum absolute atomic E-state index is 12.3. The number of hydrogen-bond acceptors (Lipinski definition) is 3. The Hall–Kier alpha value is -1.07. The van der Waals surface area contributed by atoms with Crippen LogP contribution in [0.15, 0.2) is 35.3 Å². The topological polar surface area (TPSA) is 59.9 Å². The summed E-state index contributed by atoms with van der Waals surface area (Å²) in [6.07, 6.45) is -4.21. The van der Waals surface area contributed by atoms with Crippen LogP contribution in [0.2, 0.25) is 0 Å². The van der Waals surface area contributed by atoms with Crippen molar-refractivity contribution in [2.75, 3.05) is 39.8 Å². The Morgan fingerprint density at radius 1 is 1.19 bits per heavy atom. The molecule has 5 nitrogen and oxygen atoms in total. The fourth-order valence-electron chi connectivity index (χ4n) is 2.21.